The molecule has 3 heterocycles. The van der Waals surface area contributed by atoms with Crippen molar-refractivity contribution in [3.63, 3.8) is 0 Å². The van der Waals surface area contributed by atoms with E-state index in [-0.39, 0.29) is 12.4 Å². The van der Waals surface area contributed by atoms with Gasteiger partial charge in [0, 0.05) is 44.5 Å². The van der Waals surface area contributed by atoms with Crippen LogP contribution < -0.4 is 15.5 Å². The molecular formula is C19H31ClN4O. The topological polar surface area (TPSA) is 49.4 Å². The van der Waals surface area contributed by atoms with Crippen LogP contribution in [0.5, 0.6) is 0 Å². The Kier molecular flexibility index (Phi) is 6.93. The van der Waals surface area contributed by atoms with Crippen LogP contribution in [0.25, 0.3) is 0 Å². The van der Waals surface area contributed by atoms with Crippen molar-refractivity contribution in [3.05, 3.63) is 23.9 Å². The van der Waals surface area contributed by atoms with Crippen LogP contribution >= 0.6 is 12.4 Å². The molecule has 1 aromatic heterocycles. The molecule has 2 saturated heterocycles. The minimum atomic E-state index is 0. The molecule has 3 aliphatic rings. The second-order valence-corrected chi connectivity index (χ2v) is 7.44. The number of ether oxygens (including phenoxy) is 1. The van der Waals surface area contributed by atoms with E-state index < -0.39 is 0 Å². The zero-order valence-corrected chi connectivity index (χ0v) is 15.8. The molecule has 1 aliphatic carbocycles. The highest BCUT2D eigenvalue weighted by molar-refractivity contribution is 5.85. The zero-order valence-electron chi connectivity index (χ0n) is 15.0. The Balaban J connectivity index is 0.00000182. The maximum absolute atomic E-state index is 5.66. The molecule has 0 bridgehead atoms. The van der Waals surface area contributed by atoms with E-state index in [1.807, 2.05) is 6.20 Å². The first-order valence-corrected chi connectivity index (χ1v) is 9.64. The number of nitrogens with one attached hydrogen (secondary N) is 2. The summed E-state index contributed by atoms with van der Waals surface area (Å²) < 4.78 is 5.66. The highest BCUT2D eigenvalue weighted by atomic mass is 35.5. The molecule has 1 saturated carbocycles. The summed E-state index contributed by atoms with van der Waals surface area (Å²) in [5.41, 5.74) is 1.29. The molecule has 2 aliphatic heterocycles. The summed E-state index contributed by atoms with van der Waals surface area (Å²) in [6.45, 7) is 5.96. The van der Waals surface area contributed by atoms with Crippen LogP contribution in [-0.2, 0) is 11.3 Å². The van der Waals surface area contributed by atoms with Crippen molar-refractivity contribution in [3.8, 4) is 0 Å². The number of nitrogens with zero attached hydrogens (tertiary/aromatic N) is 2. The van der Waals surface area contributed by atoms with E-state index >= 15 is 0 Å². The van der Waals surface area contributed by atoms with Crippen LogP contribution in [0, 0.1) is 5.92 Å². The van der Waals surface area contributed by atoms with E-state index in [2.05, 4.69) is 32.7 Å². The molecule has 0 radical (unpaired) electrons. The number of anilines is 1. The maximum atomic E-state index is 5.66. The Bertz CT molecular complexity index is 515. The molecule has 0 spiro atoms. The van der Waals surface area contributed by atoms with Gasteiger partial charge in [0.15, 0.2) is 0 Å². The van der Waals surface area contributed by atoms with Crippen molar-refractivity contribution in [2.24, 2.45) is 5.92 Å². The molecule has 3 fully saturated rings. The number of pyridine rings is 1. The van der Waals surface area contributed by atoms with Crippen LogP contribution in [-0.4, -0.2) is 49.9 Å². The average molecular weight is 367 g/mol. The fourth-order valence-electron chi connectivity index (χ4n) is 4.49. The zero-order chi connectivity index (χ0) is 16.2. The van der Waals surface area contributed by atoms with Gasteiger partial charge in [0.25, 0.3) is 0 Å². The van der Waals surface area contributed by atoms with Crippen molar-refractivity contribution in [1.82, 2.24) is 15.6 Å². The van der Waals surface area contributed by atoms with Gasteiger partial charge in [-0.1, -0.05) is 12.5 Å². The average Bonchev–Trinajstić information content (AvgIpc) is 3.33. The van der Waals surface area contributed by atoms with E-state index in [0.29, 0.717) is 18.0 Å². The number of morpholine rings is 1. The Morgan fingerprint density at radius 3 is 2.80 bits per heavy atom. The molecule has 2 N–H and O–H groups in total. The van der Waals surface area contributed by atoms with Crippen LogP contribution in [0.15, 0.2) is 18.3 Å². The van der Waals surface area contributed by atoms with Gasteiger partial charge in [-0.05, 0) is 43.2 Å². The van der Waals surface area contributed by atoms with Gasteiger partial charge in [0.2, 0.25) is 0 Å². The van der Waals surface area contributed by atoms with Gasteiger partial charge < -0.3 is 20.3 Å². The van der Waals surface area contributed by atoms with Crippen LogP contribution in [0.3, 0.4) is 0 Å². The van der Waals surface area contributed by atoms with Gasteiger partial charge in [0.05, 0.1) is 13.2 Å². The second-order valence-electron chi connectivity index (χ2n) is 7.44. The number of aromatic nitrogens is 1. The molecule has 140 valence electrons. The Morgan fingerprint density at radius 2 is 2.08 bits per heavy atom. The number of rotatable bonds is 5. The van der Waals surface area contributed by atoms with Gasteiger partial charge in [-0.25, -0.2) is 4.98 Å². The van der Waals surface area contributed by atoms with Crippen molar-refractivity contribution in [2.75, 3.05) is 37.7 Å². The largest absolute Gasteiger partial charge is 0.379 e. The first-order valence-electron chi connectivity index (χ1n) is 9.64. The molecular weight excluding hydrogens is 336 g/mol. The van der Waals surface area contributed by atoms with Crippen molar-refractivity contribution in [2.45, 2.75) is 50.7 Å². The van der Waals surface area contributed by atoms with Gasteiger partial charge in [0.1, 0.15) is 5.82 Å². The molecule has 1 aromatic rings. The first-order chi connectivity index (χ1) is 11.9. The third kappa shape index (κ3) is 4.64. The second kappa shape index (κ2) is 9.17. The summed E-state index contributed by atoms with van der Waals surface area (Å²) in [6.07, 6.45) is 8.56. The van der Waals surface area contributed by atoms with Crippen molar-refractivity contribution < 1.29 is 4.74 Å². The third-order valence-corrected chi connectivity index (χ3v) is 5.84. The molecule has 5 nitrogen and oxygen atoms in total. The predicted molar refractivity (Wildman–Crippen MR) is 104 cm³/mol. The molecule has 6 heteroatoms. The highest BCUT2D eigenvalue weighted by Gasteiger charge is 2.34. The molecule has 0 amide bonds. The van der Waals surface area contributed by atoms with Crippen LogP contribution in [0.4, 0.5) is 5.82 Å². The van der Waals surface area contributed by atoms with Gasteiger partial charge in [-0.15, -0.1) is 12.4 Å². The molecule has 3 atom stereocenters. The summed E-state index contributed by atoms with van der Waals surface area (Å²) in [7, 11) is 0. The van der Waals surface area contributed by atoms with E-state index in [1.54, 1.807) is 0 Å². The van der Waals surface area contributed by atoms with Gasteiger partial charge in [-0.2, -0.15) is 0 Å². The lowest BCUT2D eigenvalue weighted by atomic mass is 9.94. The van der Waals surface area contributed by atoms with Crippen LogP contribution in [0.2, 0.25) is 0 Å². The highest BCUT2D eigenvalue weighted by Crippen LogP contribution is 2.29. The van der Waals surface area contributed by atoms with E-state index in [1.165, 1.54) is 37.7 Å². The quantitative estimate of drug-likeness (QED) is 0.837. The summed E-state index contributed by atoms with van der Waals surface area (Å²) in [4.78, 5) is 7.06. The number of halogens is 1. The monoisotopic (exact) mass is 366 g/mol. The van der Waals surface area contributed by atoms with E-state index in [0.717, 1.165) is 45.2 Å². The van der Waals surface area contributed by atoms with Crippen molar-refractivity contribution in [1.29, 1.82) is 0 Å². The fourth-order valence-corrected chi connectivity index (χ4v) is 4.49. The first kappa shape index (κ1) is 18.9. The number of hydrogen-bond acceptors (Lipinski definition) is 5. The maximum Gasteiger partial charge on any atom is 0.128 e. The van der Waals surface area contributed by atoms with E-state index in [9.17, 15) is 0 Å². The molecule has 4 rings (SSSR count). The molecule has 0 aromatic carbocycles. The SMILES string of the molecule is Cl.c1cc(N2CCCC2)ncc1CNC1CCCC1C1COCCN1. The smallest absolute Gasteiger partial charge is 0.128 e. The standard InChI is InChI=1S/C19H30N4O.ClH/c1-2-10-23(9-1)19-7-6-15(13-22-19)12-21-17-5-3-4-16(17)18-14-24-11-8-20-18;/h6-7,13,16-18,20-21H,1-5,8-12,14H2;1H. The van der Waals surface area contributed by atoms with E-state index in [4.69, 9.17) is 4.74 Å². The summed E-state index contributed by atoms with van der Waals surface area (Å²) in [5, 5.41) is 7.43. The molecule has 3 unspecified atom stereocenters. The third-order valence-electron chi connectivity index (χ3n) is 5.84. The summed E-state index contributed by atoms with van der Waals surface area (Å²) in [5.74, 6) is 1.83. The van der Waals surface area contributed by atoms with Crippen molar-refractivity contribution >= 4 is 18.2 Å². The Morgan fingerprint density at radius 1 is 1.20 bits per heavy atom. The lowest BCUT2D eigenvalue weighted by Crippen LogP contribution is -2.50. The number of hydrogen-bond donors (Lipinski definition) is 2. The Labute approximate surface area is 157 Å². The van der Waals surface area contributed by atoms with Gasteiger partial charge >= 0.3 is 0 Å². The van der Waals surface area contributed by atoms with Crippen LogP contribution in [0.1, 0.15) is 37.7 Å². The Hall–Kier alpha value is -0.880. The minimum Gasteiger partial charge on any atom is -0.379 e. The molecule has 25 heavy (non-hydrogen) atoms. The minimum absolute atomic E-state index is 0. The predicted octanol–water partition coefficient (Wildman–Crippen LogP) is 2.35. The summed E-state index contributed by atoms with van der Waals surface area (Å²) >= 11 is 0. The summed E-state index contributed by atoms with van der Waals surface area (Å²) in [6, 6.07) is 5.54. The normalized spacial score (nSPS) is 29.6. The lowest BCUT2D eigenvalue weighted by Gasteiger charge is -2.33. The van der Waals surface area contributed by atoms with Gasteiger partial charge in [-0.3, -0.25) is 0 Å². The fraction of sp³-hybridized carbons (Fsp3) is 0.737. The lowest BCUT2D eigenvalue weighted by molar-refractivity contribution is 0.0524.